The number of aryl methyl sites for hydroxylation is 1. The fraction of sp³-hybridized carbons (Fsp3) is 0.222. The highest BCUT2D eigenvalue weighted by Gasteiger charge is 2.08. The molecule has 0 saturated carbocycles. The highest BCUT2D eigenvalue weighted by molar-refractivity contribution is 7.98. The number of thioether (sulfide) groups is 1. The molecular formula is C18H19N3S. The lowest BCUT2D eigenvalue weighted by Gasteiger charge is -2.17. The normalized spacial score (nSPS) is 10.9. The van der Waals surface area contributed by atoms with Crippen LogP contribution in [0, 0.1) is 6.92 Å². The lowest BCUT2D eigenvalue weighted by atomic mass is 10.2. The Balaban J connectivity index is 1.87. The molecule has 0 aliphatic carbocycles. The maximum atomic E-state index is 4.75. The van der Waals surface area contributed by atoms with Gasteiger partial charge in [-0.25, -0.2) is 9.97 Å². The smallest absolute Gasteiger partial charge is 0.118 e. The van der Waals surface area contributed by atoms with Crippen molar-refractivity contribution < 1.29 is 0 Å². The van der Waals surface area contributed by atoms with Gasteiger partial charge in [0.05, 0.1) is 16.7 Å². The zero-order valence-corrected chi connectivity index (χ0v) is 13.9. The van der Waals surface area contributed by atoms with E-state index < -0.39 is 0 Å². The van der Waals surface area contributed by atoms with Gasteiger partial charge in [-0.2, -0.15) is 0 Å². The monoisotopic (exact) mass is 309 g/mol. The van der Waals surface area contributed by atoms with Crippen molar-refractivity contribution in [1.82, 2.24) is 9.97 Å². The molecule has 1 aromatic heterocycles. The first-order valence-corrected chi connectivity index (χ1v) is 8.25. The predicted molar refractivity (Wildman–Crippen MR) is 94.6 cm³/mol. The van der Waals surface area contributed by atoms with Crippen LogP contribution in [0.25, 0.3) is 11.0 Å². The minimum Gasteiger partial charge on any atom is -0.377 e. The molecule has 0 fully saturated rings. The van der Waals surface area contributed by atoms with Crippen LogP contribution in [0.5, 0.6) is 0 Å². The summed E-state index contributed by atoms with van der Waals surface area (Å²) in [6.45, 7) is 2.03. The summed E-state index contributed by atoms with van der Waals surface area (Å²) in [6, 6.07) is 16.5. The quantitative estimate of drug-likeness (QED) is 0.672. The predicted octanol–water partition coefficient (Wildman–Crippen LogP) is 4.30. The average molecular weight is 309 g/mol. The fourth-order valence-corrected chi connectivity index (χ4v) is 3.38. The topological polar surface area (TPSA) is 29.0 Å². The third-order valence-corrected chi connectivity index (χ3v) is 4.65. The molecule has 22 heavy (non-hydrogen) atoms. The third kappa shape index (κ3) is 3.07. The van der Waals surface area contributed by atoms with Gasteiger partial charge in [-0.1, -0.05) is 42.1 Å². The van der Waals surface area contributed by atoms with Crippen molar-refractivity contribution in [1.29, 1.82) is 0 Å². The van der Waals surface area contributed by atoms with E-state index in [0.29, 0.717) is 0 Å². The highest BCUT2D eigenvalue weighted by atomic mass is 32.2. The van der Waals surface area contributed by atoms with Crippen LogP contribution < -0.4 is 4.90 Å². The molecule has 3 nitrogen and oxygen atoms in total. The molecule has 112 valence electrons. The molecule has 3 rings (SSSR count). The van der Waals surface area contributed by atoms with E-state index in [2.05, 4.69) is 48.2 Å². The number of anilines is 1. The Kier molecular flexibility index (Phi) is 4.29. The number of fused-ring (bicyclic) bond motifs is 1. The summed E-state index contributed by atoms with van der Waals surface area (Å²) in [5.74, 6) is 0.891. The Morgan fingerprint density at radius 2 is 1.55 bits per heavy atom. The summed E-state index contributed by atoms with van der Waals surface area (Å²) < 4.78 is 0. The molecular weight excluding hydrogens is 290 g/mol. The molecule has 2 aromatic carbocycles. The van der Waals surface area contributed by atoms with Gasteiger partial charge in [0.25, 0.3) is 0 Å². The summed E-state index contributed by atoms with van der Waals surface area (Å²) in [5, 5.41) is 1.01. The van der Waals surface area contributed by atoms with Crippen molar-refractivity contribution in [3.05, 3.63) is 59.8 Å². The Labute approximate surface area is 135 Å². The van der Waals surface area contributed by atoms with Gasteiger partial charge in [0, 0.05) is 25.5 Å². The van der Waals surface area contributed by atoms with E-state index in [4.69, 9.17) is 4.98 Å². The SMILES string of the molecule is Cc1nc2ccccc2nc1SCc1ccccc1N(C)C. The number of hydrogen-bond donors (Lipinski definition) is 0. The van der Waals surface area contributed by atoms with Crippen molar-refractivity contribution in [3.8, 4) is 0 Å². The number of hydrogen-bond acceptors (Lipinski definition) is 4. The molecule has 3 aromatic rings. The zero-order valence-electron chi connectivity index (χ0n) is 13.1. The van der Waals surface area contributed by atoms with Gasteiger partial charge in [0.2, 0.25) is 0 Å². The van der Waals surface area contributed by atoms with Crippen molar-refractivity contribution in [2.75, 3.05) is 19.0 Å². The maximum absolute atomic E-state index is 4.75. The van der Waals surface area contributed by atoms with Crippen LogP contribution >= 0.6 is 11.8 Å². The van der Waals surface area contributed by atoms with Gasteiger partial charge in [-0.05, 0) is 30.7 Å². The lowest BCUT2D eigenvalue weighted by Crippen LogP contribution is -2.10. The van der Waals surface area contributed by atoms with Gasteiger partial charge in [-0.3, -0.25) is 0 Å². The average Bonchev–Trinajstić information content (AvgIpc) is 2.53. The van der Waals surface area contributed by atoms with Crippen molar-refractivity contribution >= 4 is 28.5 Å². The zero-order chi connectivity index (χ0) is 15.5. The first-order valence-electron chi connectivity index (χ1n) is 7.26. The Morgan fingerprint density at radius 1 is 0.909 bits per heavy atom. The largest absolute Gasteiger partial charge is 0.377 e. The summed E-state index contributed by atoms with van der Waals surface area (Å²) in [6.07, 6.45) is 0. The molecule has 4 heteroatoms. The van der Waals surface area contributed by atoms with Gasteiger partial charge in [0.15, 0.2) is 0 Å². The van der Waals surface area contributed by atoms with E-state index in [0.717, 1.165) is 27.5 Å². The van der Waals surface area contributed by atoms with Gasteiger partial charge in [0.1, 0.15) is 5.03 Å². The van der Waals surface area contributed by atoms with Crippen molar-refractivity contribution in [2.24, 2.45) is 0 Å². The van der Waals surface area contributed by atoms with Crippen LogP contribution in [0.3, 0.4) is 0 Å². The van der Waals surface area contributed by atoms with E-state index in [9.17, 15) is 0 Å². The van der Waals surface area contributed by atoms with Crippen LogP contribution in [0.1, 0.15) is 11.3 Å². The van der Waals surface area contributed by atoms with Crippen LogP contribution in [0.2, 0.25) is 0 Å². The van der Waals surface area contributed by atoms with Crippen molar-refractivity contribution in [2.45, 2.75) is 17.7 Å². The summed E-state index contributed by atoms with van der Waals surface area (Å²) in [5.41, 5.74) is 5.47. The molecule has 0 unspecified atom stereocenters. The molecule has 0 aliphatic heterocycles. The number of nitrogens with zero attached hydrogens (tertiary/aromatic N) is 3. The maximum Gasteiger partial charge on any atom is 0.118 e. The van der Waals surface area contributed by atoms with E-state index >= 15 is 0 Å². The molecule has 0 aliphatic rings. The fourth-order valence-electron chi connectivity index (χ4n) is 2.42. The first-order chi connectivity index (χ1) is 10.6. The molecule has 0 saturated heterocycles. The Hall–Kier alpha value is -2.07. The Morgan fingerprint density at radius 3 is 2.27 bits per heavy atom. The van der Waals surface area contributed by atoms with Crippen LogP contribution in [-0.2, 0) is 5.75 Å². The molecule has 0 bridgehead atoms. The summed E-state index contributed by atoms with van der Waals surface area (Å²) in [4.78, 5) is 11.6. The molecule has 1 heterocycles. The molecule has 0 radical (unpaired) electrons. The second kappa shape index (κ2) is 6.36. The Bertz CT molecular complexity index is 799. The van der Waals surface area contributed by atoms with E-state index in [1.54, 1.807) is 11.8 Å². The lowest BCUT2D eigenvalue weighted by molar-refractivity contribution is 1.04. The number of aromatic nitrogens is 2. The first kappa shape index (κ1) is 14.9. The third-order valence-electron chi connectivity index (χ3n) is 3.54. The standard InChI is InChI=1S/C18H19N3S/c1-13-18(20-16-10-6-5-9-15(16)19-13)22-12-14-8-4-7-11-17(14)21(2)3/h4-11H,12H2,1-3H3. The van der Waals surface area contributed by atoms with Gasteiger partial charge < -0.3 is 4.90 Å². The second-order valence-corrected chi connectivity index (χ2v) is 6.38. The summed E-state index contributed by atoms with van der Waals surface area (Å²) >= 11 is 1.75. The van der Waals surface area contributed by atoms with E-state index in [1.165, 1.54) is 11.3 Å². The number of para-hydroxylation sites is 3. The van der Waals surface area contributed by atoms with Gasteiger partial charge in [-0.15, -0.1) is 0 Å². The number of rotatable bonds is 4. The second-order valence-electron chi connectivity index (χ2n) is 5.41. The minimum atomic E-state index is 0.891. The van der Waals surface area contributed by atoms with Crippen molar-refractivity contribution in [3.63, 3.8) is 0 Å². The number of benzene rings is 2. The minimum absolute atomic E-state index is 0.891. The van der Waals surface area contributed by atoms with E-state index in [1.807, 2.05) is 31.2 Å². The molecule has 0 atom stereocenters. The molecule has 0 N–H and O–H groups in total. The van der Waals surface area contributed by atoms with Gasteiger partial charge >= 0.3 is 0 Å². The van der Waals surface area contributed by atoms with Crippen LogP contribution in [0.15, 0.2) is 53.6 Å². The highest BCUT2D eigenvalue weighted by Crippen LogP contribution is 2.29. The van der Waals surface area contributed by atoms with Crippen LogP contribution in [-0.4, -0.2) is 24.1 Å². The van der Waals surface area contributed by atoms with Crippen LogP contribution in [0.4, 0.5) is 5.69 Å². The van der Waals surface area contributed by atoms with E-state index in [-0.39, 0.29) is 0 Å². The molecule has 0 spiro atoms. The summed E-state index contributed by atoms with van der Waals surface area (Å²) in [7, 11) is 4.15. The molecule has 0 amide bonds.